The van der Waals surface area contributed by atoms with Gasteiger partial charge in [-0.1, -0.05) is 0 Å². The maximum absolute atomic E-state index is 11.5. The molecule has 0 aromatic heterocycles. The van der Waals surface area contributed by atoms with Crippen LogP contribution >= 0.6 is 10.8 Å². The summed E-state index contributed by atoms with van der Waals surface area (Å²) < 4.78 is 24.5. The summed E-state index contributed by atoms with van der Waals surface area (Å²) >= 11 is 0. The predicted octanol–water partition coefficient (Wildman–Crippen LogP) is 1.71. The summed E-state index contributed by atoms with van der Waals surface area (Å²) in [6.45, 7) is 7.53. The fraction of sp³-hybridized carbons (Fsp3) is 1.00. The largest absolute Gasteiger partial charge is 0.267 e. The number of nitrogens with zero attached hydrogens (tertiary/aromatic N) is 1. The molecule has 0 amide bonds. The van der Waals surface area contributed by atoms with Gasteiger partial charge in [-0.3, -0.25) is 0 Å². The first-order valence-corrected chi connectivity index (χ1v) is 7.10. The van der Waals surface area contributed by atoms with E-state index in [1.807, 2.05) is 27.7 Å². The van der Waals surface area contributed by atoms with Gasteiger partial charge in [0.25, 0.3) is 9.06 Å². The summed E-state index contributed by atoms with van der Waals surface area (Å²) in [6, 6.07) is 0.0601. The molecule has 0 atom stereocenters. The summed E-state index contributed by atoms with van der Waals surface area (Å²) in [5.74, 6) is 0. The van der Waals surface area contributed by atoms with Crippen molar-refractivity contribution in [3.8, 4) is 0 Å². The first-order chi connectivity index (χ1) is 5.33. The lowest BCUT2D eigenvalue weighted by Gasteiger charge is -2.28. The Bertz CT molecular complexity index is 214. The van der Waals surface area contributed by atoms with Gasteiger partial charge in [0.15, 0.2) is 0 Å². The summed E-state index contributed by atoms with van der Waals surface area (Å²) in [4.78, 5) is 0. The minimum absolute atomic E-state index is 0.0300. The Balaban J connectivity index is 4.76. The summed E-state index contributed by atoms with van der Waals surface area (Å²) in [5.41, 5.74) is 0. The Morgan fingerprint density at radius 3 is 1.50 bits per heavy atom. The second-order valence-corrected chi connectivity index (χ2v) is 7.02. The van der Waals surface area contributed by atoms with E-state index in [1.165, 1.54) is 4.31 Å². The van der Waals surface area contributed by atoms with Gasteiger partial charge in [-0.15, -0.1) is 0 Å². The molecule has 0 aromatic carbocycles. The molecule has 0 bridgehead atoms. The highest BCUT2D eigenvalue weighted by Gasteiger charge is 2.26. The standard InChI is InChI=1S/C7H17NO2S2/c1-6(2)8(7(3)4)12(9,10)11-5/h6-7H,1-5H3. The van der Waals surface area contributed by atoms with E-state index in [9.17, 15) is 8.42 Å². The molecule has 0 aliphatic carbocycles. The Morgan fingerprint density at radius 2 is 1.42 bits per heavy atom. The fourth-order valence-corrected chi connectivity index (χ4v) is 3.95. The second-order valence-electron chi connectivity index (χ2n) is 3.14. The third-order valence-electron chi connectivity index (χ3n) is 1.49. The maximum Gasteiger partial charge on any atom is 0.267 e. The quantitative estimate of drug-likeness (QED) is 0.664. The Kier molecular flexibility index (Phi) is 4.58. The highest BCUT2D eigenvalue weighted by molar-refractivity contribution is 8.70. The molecule has 5 heteroatoms. The lowest BCUT2D eigenvalue weighted by Crippen LogP contribution is -2.40. The molecule has 0 fully saturated rings. The van der Waals surface area contributed by atoms with Crippen molar-refractivity contribution in [1.29, 1.82) is 0 Å². The minimum Gasteiger partial charge on any atom is -0.200 e. The van der Waals surface area contributed by atoms with E-state index >= 15 is 0 Å². The highest BCUT2D eigenvalue weighted by Crippen LogP contribution is 2.20. The van der Waals surface area contributed by atoms with Crippen molar-refractivity contribution in [3.05, 3.63) is 0 Å². The van der Waals surface area contributed by atoms with Gasteiger partial charge in [-0.05, 0) is 44.7 Å². The van der Waals surface area contributed by atoms with Crippen molar-refractivity contribution in [2.75, 3.05) is 6.26 Å². The van der Waals surface area contributed by atoms with Crippen LogP contribution in [0, 0.1) is 0 Å². The third kappa shape index (κ3) is 2.95. The molecule has 0 N–H and O–H groups in total. The van der Waals surface area contributed by atoms with Gasteiger partial charge in [0.05, 0.1) is 0 Å². The lowest BCUT2D eigenvalue weighted by atomic mass is 10.3. The molecule has 74 valence electrons. The highest BCUT2D eigenvalue weighted by atomic mass is 33.1. The SMILES string of the molecule is CSS(=O)(=O)N(C(C)C)C(C)C. The fourth-order valence-electron chi connectivity index (χ4n) is 1.20. The molecule has 3 nitrogen and oxygen atoms in total. The Morgan fingerprint density at radius 1 is 1.08 bits per heavy atom. The maximum atomic E-state index is 11.5. The van der Waals surface area contributed by atoms with Crippen LogP contribution in [0.5, 0.6) is 0 Å². The van der Waals surface area contributed by atoms with Crippen molar-refractivity contribution in [1.82, 2.24) is 4.31 Å². The van der Waals surface area contributed by atoms with E-state index in [-0.39, 0.29) is 12.1 Å². The van der Waals surface area contributed by atoms with Crippen molar-refractivity contribution < 1.29 is 8.42 Å². The van der Waals surface area contributed by atoms with Crippen LogP contribution < -0.4 is 0 Å². The van der Waals surface area contributed by atoms with Crippen LogP contribution in [0.1, 0.15) is 27.7 Å². The summed E-state index contributed by atoms with van der Waals surface area (Å²) in [6.07, 6.45) is 1.59. The van der Waals surface area contributed by atoms with Gasteiger partial charge in [-0.2, -0.15) is 4.31 Å². The van der Waals surface area contributed by atoms with E-state index in [4.69, 9.17) is 0 Å². The summed E-state index contributed by atoms with van der Waals surface area (Å²) in [7, 11) is -2.22. The lowest BCUT2D eigenvalue weighted by molar-refractivity contribution is 0.309. The normalized spacial score (nSPS) is 13.3. The number of hydrogen-bond donors (Lipinski definition) is 0. The topological polar surface area (TPSA) is 37.4 Å². The van der Waals surface area contributed by atoms with E-state index in [2.05, 4.69) is 0 Å². The van der Waals surface area contributed by atoms with Crippen LogP contribution in [0.15, 0.2) is 0 Å². The number of hydrogen-bond acceptors (Lipinski definition) is 3. The van der Waals surface area contributed by atoms with E-state index in [1.54, 1.807) is 6.26 Å². The molecule has 0 saturated carbocycles. The van der Waals surface area contributed by atoms with Crippen LogP contribution in [-0.2, 0) is 9.06 Å². The molecule has 0 aliphatic heterocycles. The van der Waals surface area contributed by atoms with Gasteiger partial charge in [-0.25, -0.2) is 8.42 Å². The zero-order valence-corrected chi connectivity index (χ0v) is 9.87. The predicted molar refractivity (Wildman–Crippen MR) is 54.5 cm³/mol. The van der Waals surface area contributed by atoms with Crippen LogP contribution in [-0.4, -0.2) is 31.1 Å². The monoisotopic (exact) mass is 211 g/mol. The van der Waals surface area contributed by atoms with Gasteiger partial charge >= 0.3 is 0 Å². The molecule has 0 aromatic rings. The molecular weight excluding hydrogens is 194 g/mol. The molecular formula is C7H17NO2S2. The van der Waals surface area contributed by atoms with Crippen LogP contribution in [0.4, 0.5) is 0 Å². The van der Waals surface area contributed by atoms with E-state index in [0.717, 1.165) is 10.8 Å². The zero-order valence-electron chi connectivity index (χ0n) is 8.23. The molecule has 0 heterocycles. The van der Waals surface area contributed by atoms with Crippen molar-refractivity contribution >= 4 is 19.8 Å². The summed E-state index contributed by atoms with van der Waals surface area (Å²) in [5, 5.41) is 0. The first-order valence-electron chi connectivity index (χ1n) is 3.92. The first kappa shape index (κ1) is 12.3. The van der Waals surface area contributed by atoms with Crippen molar-refractivity contribution in [3.63, 3.8) is 0 Å². The Labute approximate surface area is 79.0 Å². The van der Waals surface area contributed by atoms with Gasteiger partial charge in [0.2, 0.25) is 0 Å². The third-order valence-corrected chi connectivity index (χ3v) is 5.05. The Hall–Kier alpha value is 0.260. The van der Waals surface area contributed by atoms with Crippen molar-refractivity contribution in [2.24, 2.45) is 0 Å². The minimum atomic E-state index is -3.11. The molecule has 0 unspecified atom stereocenters. The smallest absolute Gasteiger partial charge is 0.200 e. The number of rotatable bonds is 4. The molecule has 0 saturated heterocycles. The average molecular weight is 211 g/mol. The van der Waals surface area contributed by atoms with Crippen LogP contribution in [0.2, 0.25) is 0 Å². The molecule has 0 spiro atoms. The van der Waals surface area contributed by atoms with Crippen LogP contribution in [0.3, 0.4) is 0 Å². The second kappa shape index (κ2) is 4.48. The van der Waals surface area contributed by atoms with Gasteiger partial charge < -0.3 is 0 Å². The zero-order chi connectivity index (χ0) is 9.94. The van der Waals surface area contributed by atoms with Crippen molar-refractivity contribution in [2.45, 2.75) is 39.8 Å². The average Bonchev–Trinajstić information content (AvgIpc) is 1.84. The molecule has 0 rings (SSSR count). The molecule has 12 heavy (non-hydrogen) atoms. The molecule has 0 radical (unpaired) electrons. The van der Waals surface area contributed by atoms with E-state index < -0.39 is 9.06 Å². The van der Waals surface area contributed by atoms with Gasteiger partial charge in [0, 0.05) is 12.1 Å². The van der Waals surface area contributed by atoms with Gasteiger partial charge in [0.1, 0.15) is 0 Å². The van der Waals surface area contributed by atoms with Crippen LogP contribution in [0.25, 0.3) is 0 Å². The van der Waals surface area contributed by atoms with E-state index in [0.29, 0.717) is 0 Å². The molecule has 0 aliphatic rings.